The second-order valence-corrected chi connectivity index (χ2v) is 10.4. The summed E-state index contributed by atoms with van der Waals surface area (Å²) in [6.45, 7) is 0.940. The van der Waals surface area contributed by atoms with E-state index < -0.39 is 0 Å². The van der Waals surface area contributed by atoms with E-state index in [1.807, 2.05) is 61.6 Å². The molecule has 0 atom stereocenters. The Morgan fingerprint density at radius 1 is 1.03 bits per heavy atom. The predicted octanol–water partition coefficient (Wildman–Crippen LogP) is 6.15. The average Bonchev–Trinajstić information content (AvgIpc) is 3.17. The summed E-state index contributed by atoms with van der Waals surface area (Å²) < 4.78 is 4.14. The summed E-state index contributed by atoms with van der Waals surface area (Å²) in [6, 6.07) is 22.1. The number of carbonyl (C=O) groups excluding carboxylic acids is 1. The van der Waals surface area contributed by atoms with Gasteiger partial charge in [-0.2, -0.15) is 0 Å². The predicted molar refractivity (Wildman–Crippen MR) is 150 cm³/mol. The van der Waals surface area contributed by atoms with Crippen LogP contribution in [-0.2, 0) is 20.1 Å². The number of nitrogens with zero attached hydrogens (tertiary/aromatic N) is 2. The topological polar surface area (TPSA) is 72.9 Å². The molecule has 2 aromatic heterocycles. The number of carbonyl (C=O) groups is 1. The molecule has 3 N–H and O–H groups in total. The Morgan fingerprint density at radius 2 is 1.79 bits per heavy atom. The minimum atomic E-state index is -0.125. The van der Waals surface area contributed by atoms with Gasteiger partial charge in [-0.1, -0.05) is 40.2 Å². The van der Waals surface area contributed by atoms with Crippen molar-refractivity contribution in [2.24, 2.45) is 12.8 Å². The normalized spacial score (nSPS) is 11.3. The van der Waals surface area contributed by atoms with Crippen LogP contribution in [-0.4, -0.2) is 15.5 Å². The van der Waals surface area contributed by atoms with E-state index in [1.165, 1.54) is 0 Å². The van der Waals surface area contributed by atoms with Crippen LogP contribution in [0.5, 0.6) is 0 Å². The van der Waals surface area contributed by atoms with E-state index in [0.29, 0.717) is 18.7 Å². The number of pyridine rings is 1. The molecule has 0 fully saturated rings. The maximum absolute atomic E-state index is 13.4. The van der Waals surface area contributed by atoms with Gasteiger partial charge < -0.3 is 15.6 Å². The fourth-order valence-corrected chi connectivity index (χ4v) is 5.02. The van der Waals surface area contributed by atoms with E-state index in [-0.39, 0.29) is 5.91 Å². The Hall–Kier alpha value is -2.75. The van der Waals surface area contributed by atoms with Gasteiger partial charge in [0, 0.05) is 56.2 Å². The third-order valence-corrected chi connectivity index (χ3v) is 7.12. The zero-order valence-electron chi connectivity index (χ0n) is 18.5. The largest absolute Gasteiger partial charge is 0.350 e. The molecule has 5 aromatic rings. The van der Waals surface area contributed by atoms with Gasteiger partial charge in [0.05, 0.1) is 16.8 Å². The first-order chi connectivity index (χ1) is 16.4. The molecule has 5 nitrogen and oxygen atoms in total. The van der Waals surface area contributed by atoms with Gasteiger partial charge in [0.1, 0.15) is 0 Å². The summed E-state index contributed by atoms with van der Waals surface area (Å²) in [5.74, 6) is -0.125. The minimum Gasteiger partial charge on any atom is -0.350 e. The highest BCUT2D eigenvalue weighted by atomic mass is 127. The van der Waals surface area contributed by atoms with Crippen molar-refractivity contribution in [2.45, 2.75) is 13.1 Å². The molecule has 3 aromatic carbocycles. The Morgan fingerprint density at radius 3 is 2.56 bits per heavy atom. The highest BCUT2D eigenvalue weighted by molar-refractivity contribution is 14.1. The molecule has 0 unspecified atom stereocenters. The van der Waals surface area contributed by atoms with Gasteiger partial charge in [0.2, 0.25) is 0 Å². The number of amides is 1. The molecule has 5 rings (SSSR count). The van der Waals surface area contributed by atoms with Crippen LogP contribution in [0.2, 0.25) is 0 Å². The van der Waals surface area contributed by atoms with E-state index >= 15 is 0 Å². The molecule has 0 aliphatic rings. The number of fused-ring (bicyclic) bond motifs is 2. The zero-order valence-corrected chi connectivity index (χ0v) is 22.2. The van der Waals surface area contributed by atoms with E-state index in [0.717, 1.165) is 52.2 Å². The smallest absolute Gasteiger partial charge is 0.252 e. The molecular formula is C27H22BrIN4O. The third kappa shape index (κ3) is 4.47. The van der Waals surface area contributed by atoms with Crippen LogP contribution in [0, 0.1) is 3.57 Å². The zero-order chi connectivity index (χ0) is 23.8. The molecule has 0 bridgehead atoms. The summed E-state index contributed by atoms with van der Waals surface area (Å²) in [4.78, 5) is 18.3. The lowest BCUT2D eigenvalue weighted by atomic mass is 10.0. The van der Waals surface area contributed by atoms with E-state index in [2.05, 4.69) is 66.7 Å². The number of rotatable bonds is 5. The highest BCUT2D eigenvalue weighted by Crippen LogP contribution is 2.33. The number of aryl methyl sites for hydroxylation is 1. The van der Waals surface area contributed by atoms with E-state index in [9.17, 15) is 4.79 Å². The Labute approximate surface area is 219 Å². The quantitative estimate of drug-likeness (QED) is 0.231. The van der Waals surface area contributed by atoms with Crippen LogP contribution in [0.1, 0.15) is 21.5 Å². The Kier molecular flexibility index (Phi) is 6.42. The molecule has 0 saturated carbocycles. The van der Waals surface area contributed by atoms with Crippen LogP contribution in [0.25, 0.3) is 33.1 Å². The van der Waals surface area contributed by atoms with Gasteiger partial charge in [0.25, 0.3) is 5.91 Å². The fraction of sp³-hybridized carbons (Fsp3) is 0.111. The van der Waals surface area contributed by atoms with Crippen molar-refractivity contribution in [3.05, 3.63) is 97.7 Å². The van der Waals surface area contributed by atoms with Gasteiger partial charge in [-0.3, -0.25) is 4.79 Å². The van der Waals surface area contributed by atoms with E-state index in [4.69, 9.17) is 10.7 Å². The average molecular weight is 625 g/mol. The van der Waals surface area contributed by atoms with Crippen molar-refractivity contribution in [2.75, 3.05) is 0 Å². The summed E-state index contributed by atoms with van der Waals surface area (Å²) in [5.41, 5.74) is 12.1. The molecule has 0 spiro atoms. The van der Waals surface area contributed by atoms with Gasteiger partial charge >= 0.3 is 0 Å². The van der Waals surface area contributed by atoms with Gasteiger partial charge in [-0.15, -0.1) is 0 Å². The number of halogens is 2. The second kappa shape index (κ2) is 9.48. The van der Waals surface area contributed by atoms with Crippen molar-refractivity contribution < 1.29 is 4.79 Å². The molecule has 7 heteroatoms. The lowest BCUT2D eigenvalue weighted by Gasteiger charge is -2.11. The number of hydrogen-bond acceptors (Lipinski definition) is 3. The molecular weight excluding hydrogens is 603 g/mol. The van der Waals surface area contributed by atoms with Gasteiger partial charge in [-0.05, 0) is 76.2 Å². The standard InChI is InChI=1S/C27H22BrIN4O/c1-33-15-23(21-10-18(28)6-9-26(21)33)25-12-22(20-11-19(29)7-8-24(20)32-25)27(34)31-14-17-4-2-16(13-30)3-5-17/h2-12,15H,13-14,30H2,1H3,(H,31,34). The number of benzene rings is 3. The summed E-state index contributed by atoms with van der Waals surface area (Å²) in [7, 11) is 2.02. The fourth-order valence-electron chi connectivity index (χ4n) is 4.16. The van der Waals surface area contributed by atoms with Crippen molar-refractivity contribution in [1.82, 2.24) is 14.9 Å². The first-order valence-electron chi connectivity index (χ1n) is 10.8. The number of aromatic nitrogens is 2. The maximum Gasteiger partial charge on any atom is 0.252 e. The molecule has 2 heterocycles. The van der Waals surface area contributed by atoms with Crippen LogP contribution in [0.4, 0.5) is 0 Å². The molecule has 0 saturated heterocycles. The Balaban J connectivity index is 1.58. The van der Waals surface area contributed by atoms with Crippen molar-refractivity contribution in [1.29, 1.82) is 0 Å². The second-order valence-electron chi connectivity index (χ2n) is 8.23. The third-order valence-electron chi connectivity index (χ3n) is 5.95. The van der Waals surface area contributed by atoms with Gasteiger partial charge in [-0.25, -0.2) is 4.98 Å². The summed E-state index contributed by atoms with van der Waals surface area (Å²) >= 11 is 5.85. The molecule has 170 valence electrons. The first-order valence-corrected chi connectivity index (χ1v) is 12.7. The summed E-state index contributed by atoms with van der Waals surface area (Å²) in [6.07, 6.45) is 2.07. The molecule has 0 aliphatic carbocycles. The molecule has 0 radical (unpaired) electrons. The highest BCUT2D eigenvalue weighted by Gasteiger charge is 2.17. The van der Waals surface area contributed by atoms with Crippen molar-refractivity contribution in [3.8, 4) is 11.3 Å². The molecule has 1 amide bonds. The number of nitrogens with two attached hydrogens (primary N) is 1. The lowest BCUT2D eigenvalue weighted by molar-refractivity contribution is 0.0952. The van der Waals surface area contributed by atoms with Crippen molar-refractivity contribution >= 4 is 66.2 Å². The molecule has 34 heavy (non-hydrogen) atoms. The van der Waals surface area contributed by atoms with Crippen LogP contribution in [0.3, 0.4) is 0 Å². The first kappa shape index (κ1) is 23.0. The van der Waals surface area contributed by atoms with Gasteiger partial charge in [0.15, 0.2) is 0 Å². The monoisotopic (exact) mass is 624 g/mol. The SMILES string of the molecule is Cn1cc(-c2cc(C(=O)NCc3ccc(CN)cc3)c3cc(I)ccc3n2)c2cc(Br)ccc21. The molecule has 0 aliphatic heterocycles. The summed E-state index contributed by atoms with van der Waals surface area (Å²) in [5, 5.41) is 5.01. The number of nitrogens with one attached hydrogen (secondary N) is 1. The van der Waals surface area contributed by atoms with Crippen molar-refractivity contribution in [3.63, 3.8) is 0 Å². The maximum atomic E-state index is 13.4. The minimum absolute atomic E-state index is 0.125. The lowest BCUT2D eigenvalue weighted by Crippen LogP contribution is -2.23. The van der Waals surface area contributed by atoms with Crippen LogP contribution < -0.4 is 11.1 Å². The Bertz CT molecular complexity index is 1540. The van der Waals surface area contributed by atoms with Crippen LogP contribution in [0.15, 0.2) is 77.4 Å². The van der Waals surface area contributed by atoms with Crippen LogP contribution >= 0.6 is 38.5 Å². The van der Waals surface area contributed by atoms with E-state index in [1.54, 1.807) is 0 Å². The number of hydrogen-bond donors (Lipinski definition) is 2.